The molecule has 26 heavy (non-hydrogen) atoms. The minimum atomic E-state index is -3.68. The molecule has 1 aromatic carbocycles. The molecule has 1 aliphatic carbocycles. The first-order valence-electron chi connectivity index (χ1n) is 8.90. The van der Waals surface area contributed by atoms with Crippen LogP contribution in [0.5, 0.6) is 0 Å². The van der Waals surface area contributed by atoms with Crippen LogP contribution in [0.4, 0.5) is 5.69 Å². The highest BCUT2D eigenvalue weighted by atomic mass is 32.2. The summed E-state index contributed by atoms with van der Waals surface area (Å²) >= 11 is 0. The summed E-state index contributed by atoms with van der Waals surface area (Å²) in [7, 11) is -2.37. The van der Waals surface area contributed by atoms with Crippen LogP contribution in [-0.2, 0) is 24.3 Å². The number of rotatable bonds is 5. The van der Waals surface area contributed by atoms with E-state index >= 15 is 0 Å². The number of methoxy groups -OCH3 is 1. The number of carbonyl (C=O) groups excluding carboxylic acids is 2. The highest BCUT2D eigenvalue weighted by molar-refractivity contribution is 7.89. The number of anilines is 1. The van der Waals surface area contributed by atoms with E-state index in [9.17, 15) is 18.0 Å². The second-order valence-electron chi connectivity index (χ2n) is 6.87. The Kier molecular flexibility index (Phi) is 5.62. The molecule has 1 N–H and O–H groups in total. The molecule has 1 heterocycles. The quantitative estimate of drug-likeness (QED) is 0.789. The van der Waals surface area contributed by atoms with E-state index in [2.05, 4.69) is 5.32 Å². The second-order valence-corrected chi connectivity index (χ2v) is 8.80. The van der Waals surface area contributed by atoms with Gasteiger partial charge in [0.2, 0.25) is 15.9 Å². The van der Waals surface area contributed by atoms with E-state index in [1.165, 1.54) is 23.5 Å². The number of ether oxygens (including phenoxy) is 1. The topological polar surface area (TPSA) is 92.8 Å². The SMILES string of the molecule is COC(=O)[C@H]1CCCN(S(=O)(=O)c2ccc(NC(=O)C3CCC3)cc2)C1. The maximum atomic E-state index is 12.8. The molecule has 1 aliphatic heterocycles. The van der Waals surface area contributed by atoms with Crippen LogP contribution in [0.2, 0.25) is 0 Å². The van der Waals surface area contributed by atoms with Crippen LogP contribution in [0.25, 0.3) is 0 Å². The number of nitrogens with zero attached hydrogens (tertiary/aromatic N) is 1. The number of carbonyl (C=O) groups is 2. The third kappa shape index (κ3) is 3.91. The zero-order chi connectivity index (χ0) is 18.7. The first-order chi connectivity index (χ1) is 12.4. The third-order valence-electron chi connectivity index (χ3n) is 5.15. The molecule has 1 amide bonds. The smallest absolute Gasteiger partial charge is 0.309 e. The van der Waals surface area contributed by atoms with Crippen LogP contribution < -0.4 is 5.32 Å². The molecule has 142 valence electrons. The fraction of sp³-hybridized carbons (Fsp3) is 0.556. The van der Waals surface area contributed by atoms with Crippen LogP contribution in [0, 0.1) is 11.8 Å². The van der Waals surface area contributed by atoms with Gasteiger partial charge in [-0.05, 0) is 49.9 Å². The molecule has 1 aromatic rings. The summed E-state index contributed by atoms with van der Waals surface area (Å²) in [4.78, 5) is 23.9. The van der Waals surface area contributed by atoms with Gasteiger partial charge in [0.05, 0.1) is 17.9 Å². The third-order valence-corrected chi connectivity index (χ3v) is 7.03. The van der Waals surface area contributed by atoms with E-state index in [1.807, 2.05) is 0 Å². The summed E-state index contributed by atoms with van der Waals surface area (Å²) in [6, 6.07) is 6.19. The van der Waals surface area contributed by atoms with Crippen molar-refractivity contribution in [1.29, 1.82) is 0 Å². The Labute approximate surface area is 153 Å². The van der Waals surface area contributed by atoms with E-state index in [1.54, 1.807) is 12.1 Å². The Morgan fingerprint density at radius 1 is 1.08 bits per heavy atom. The van der Waals surface area contributed by atoms with Gasteiger partial charge in [0.15, 0.2) is 0 Å². The van der Waals surface area contributed by atoms with E-state index in [-0.39, 0.29) is 29.2 Å². The van der Waals surface area contributed by atoms with Crippen LogP contribution in [0.15, 0.2) is 29.2 Å². The first kappa shape index (κ1) is 18.8. The minimum absolute atomic E-state index is 0.0104. The Morgan fingerprint density at radius 2 is 1.73 bits per heavy atom. The van der Waals surface area contributed by atoms with Crippen molar-refractivity contribution in [3.05, 3.63) is 24.3 Å². The van der Waals surface area contributed by atoms with E-state index in [0.29, 0.717) is 25.1 Å². The summed E-state index contributed by atoms with van der Waals surface area (Å²) in [5, 5.41) is 2.82. The molecule has 0 aromatic heterocycles. The number of nitrogens with one attached hydrogen (secondary N) is 1. The van der Waals surface area contributed by atoms with Gasteiger partial charge < -0.3 is 10.1 Å². The number of hydrogen-bond acceptors (Lipinski definition) is 5. The Balaban J connectivity index is 1.68. The number of benzene rings is 1. The lowest BCUT2D eigenvalue weighted by molar-refractivity contribution is -0.146. The van der Waals surface area contributed by atoms with Crippen molar-refractivity contribution in [3.8, 4) is 0 Å². The zero-order valence-corrected chi connectivity index (χ0v) is 15.6. The van der Waals surface area contributed by atoms with Gasteiger partial charge in [-0.25, -0.2) is 8.42 Å². The van der Waals surface area contributed by atoms with Crippen molar-refractivity contribution in [2.45, 2.75) is 37.0 Å². The molecule has 1 atom stereocenters. The van der Waals surface area contributed by atoms with Crippen molar-refractivity contribution in [1.82, 2.24) is 4.31 Å². The van der Waals surface area contributed by atoms with Gasteiger partial charge in [-0.1, -0.05) is 6.42 Å². The molecule has 1 saturated heterocycles. The van der Waals surface area contributed by atoms with Crippen molar-refractivity contribution < 1.29 is 22.7 Å². The maximum absolute atomic E-state index is 12.8. The number of hydrogen-bond donors (Lipinski definition) is 1. The van der Waals surface area contributed by atoms with Crippen molar-refractivity contribution in [2.75, 3.05) is 25.5 Å². The molecule has 2 fully saturated rings. The molecule has 8 heteroatoms. The number of piperidine rings is 1. The Bertz CT molecular complexity index is 771. The van der Waals surface area contributed by atoms with Gasteiger partial charge in [0, 0.05) is 24.7 Å². The van der Waals surface area contributed by atoms with Gasteiger partial charge in [-0.2, -0.15) is 4.31 Å². The van der Waals surface area contributed by atoms with Crippen LogP contribution >= 0.6 is 0 Å². The normalized spacial score (nSPS) is 21.7. The van der Waals surface area contributed by atoms with E-state index in [4.69, 9.17) is 4.74 Å². The molecular weight excluding hydrogens is 356 g/mol. The average molecular weight is 380 g/mol. The molecule has 0 spiro atoms. The largest absolute Gasteiger partial charge is 0.469 e. The number of esters is 1. The fourth-order valence-electron chi connectivity index (χ4n) is 3.29. The number of amides is 1. The highest BCUT2D eigenvalue weighted by Gasteiger charge is 2.33. The van der Waals surface area contributed by atoms with Gasteiger partial charge in [0.25, 0.3) is 0 Å². The summed E-state index contributed by atoms with van der Waals surface area (Å²) < 4.78 is 31.7. The Hall–Kier alpha value is -1.93. The lowest BCUT2D eigenvalue weighted by atomic mass is 9.85. The summed E-state index contributed by atoms with van der Waals surface area (Å²) in [5.74, 6) is -0.741. The average Bonchev–Trinajstić information content (AvgIpc) is 2.60. The van der Waals surface area contributed by atoms with E-state index < -0.39 is 15.9 Å². The first-order valence-corrected chi connectivity index (χ1v) is 10.3. The second kappa shape index (κ2) is 7.75. The van der Waals surface area contributed by atoms with Gasteiger partial charge in [-0.15, -0.1) is 0 Å². The molecule has 3 rings (SSSR count). The van der Waals surface area contributed by atoms with Gasteiger partial charge in [0.1, 0.15) is 0 Å². The fourth-order valence-corrected chi connectivity index (χ4v) is 4.82. The molecule has 2 aliphatic rings. The van der Waals surface area contributed by atoms with Crippen LogP contribution in [0.3, 0.4) is 0 Å². The van der Waals surface area contributed by atoms with Crippen molar-refractivity contribution >= 4 is 27.6 Å². The van der Waals surface area contributed by atoms with Crippen LogP contribution in [0.1, 0.15) is 32.1 Å². The number of sulfonamides is 1. The molecule has 0 unspecified atom stereocenters. The zero-order valence-electron chi connectivity index (χ0n) is 14.8. The lowest BCUT2D eigenvalue weighted by Crippen LogP contribution is -2.42. The van der Waals surface area contributed by atoms with Crippen molar-refractivity contribution in [2.24, 2.45) is 11.8 Å². The molecule has 1 saturated carbocycles. The van der Waals surface area contributed by atoms with Crippen LogP contribution in [-0.4, -0.2) is 44.8 Å². The van der Waals surface area contributed by atoms with Gasteiger partial charge >= 0.3 is 5.97 Å². The summed E-state index contributed by atoms with van der Waals surface area (Å²) in [5.41, 5.74) is 0.590. The minimum Gasteiger partial charge on any atom is -0.469 e. The molecule has 0 bridgehead atoms. The molecule has 0 radical (unpaired) electrons. The Morgan fingerprint density at radius 3 is 2.31 bits per heavy atom. The highest BCUT2D eigenvalue weighted by Crippen LogP contribution is 2.28. The molecule has 7 nitrogen and oxygen atoms in total. The summed E-state index contributed by atoms with van der Waals surface area (Å²) in [6.45, 7) is 0.519. The predicted molar refractivity (Wildman–Crippen MR) is 95.9 cm³/mol. The summed E-state index contributed by atoms with van der Waals surface area (Å²) in [6.07, 6.45) is 4.15. The lowest BCUT2D eigenvalue weighted by Gasteiger charge is -2.30. The standard InChI is InChI=1S/C18H24N2O5S/c1-25-18(22)14-6-3-11-20(12-14)26(23,24)16-9-7-15(8-10-16)19-17(21)13-4-2-5-13/h7-10,13-14H,2-6,11-12H2,1H3,(H,19,21)/t14-/m0/s1. The van der Waals surface area contributed by atoms with E-state index in [0.717, 1.165) is 19.3 Å². The van der Waals surface area contributed by atoms with Gasteiger partial charge in [-0.3, -0.25) is 9.59 Å². The maximum Gasteiger partial charge on any atom is 0.309 e. The monoisotopic (exact) mass is 380 g/mol. The molecular formula is C18H24N2O5S. The van der Waals surface area contributed by atoms with Crippen molar-refractivity contribution in [3.63, 3.8) is 0 Å². The predicted octanol–water partition coefficient (Wildman–Crippen LogP) is 2.00.